The molecule has 10 nitrogen and oxygen atoms in total. The lowest BCUT2D eigenvalue weighted by atomic mass is 9.99. The number of piperidine rings is 1. The number of nitrogens with zero attached hydrogens (tertiary/aromatic N) is 3. The Kier molecular flexibility index (Phi) is 6.93. The normalized spacial score (nSPS) is 15.4. The van der Waals surface area contributed by atoms with Crippen molar-refractivity contribution in [2.75, 3.05) is 13.1 Å². The molecule has 0 saturated carbocycles. The summed E-state index contributed by atoms with van der Waals surface area (Å²) < 4.78 is 1.76. The van der Waals surface area contributed by atoms with Gasteiger partial charge in [-0.05, 0) is 37.0 Å². The van der Waals surface area contributed by atoms with Crippen molar-refractivity contribution >= 4 is 40.1 Å². The number of H-pyrrole nitrogens is 1. The van der Waals surface area contributed by atoms with Crippen molar-refractivity contribution in [3.63, 3.8) is 0 Å². The molecule has 0 spiro atoms. The minimum absolute atomic E-state index is 0.0336. The zero-order valence-electron chi connectivity index (χ0n) is 19.4. The first-order valence-electron chi connectivity index (χ1n) is 11.4. The highest BCUT2D eigenvalue weighted by atomic mass is 35.5. The van der Waals surface area contributed by atoms with Crippen LogP contribution in [0.4, 0.5) is 5.69 Å². The van der Waals surface area contributed by atoms with Gasteiger partial charge in [-0.15, -0.1) is 0 Å². The molecule has 35 heavy (non-hydrogen) atoms. The van der Waals surface area contributed by atoms with E-state index in [9.17, 15) is 24.5 Å². The summed E-state index contributed by atoms with van der Waals surface area (Å²) in [6.07, 6.45) is 1.22. The van der Waals surface area contributed by atoms with E-state index in [1.165, 1.54) is 12.1 Å². The van der Waals surface area contributed by atoms with Gasteiger partial charge in [0.15, 0.2) is 0 Å². The van der Waals surface area contributed by atoms with Crippen LogP contribution in [0.25, 0.3) is 11.0 Å². The van der Waals surface area contributed by atoms with Crippen LogP contribution < -0.4 is 11.0 Å². The average Bonchev–Trinajstić information content (AvgIpc) is 3.17. The maximum absolute atomic E-state index is 13.3. The van der Waals surface area contributed by atoms with Gasteiger partial charge in [0.05, 0.1) is 26.5 Å². The van der Waals surface area contributed by atoms with E-state index in [0.717, 1.165) is 17.1 Å². The number of halogens is 1. The van der Waals surface area contributed by atoms with Gasteiger partial charge in [0.2, 0.25) is 5.91 Å². The van der Waals surface area contributed by atoms with Gasteiger partial charge < -0.3 is 15.2 Å². The molecule has 1 aliphatic rings. The molecule has 0 aliphatic carbocycles. The first kappa shape index (κ1) is 24.5. The predicted octanol–water partition coefficient (Wildman–Crippen LogP) is 3.51. The number of para-hydroxylation sites is 2. The van der Waals surface area contributed by atoms with E-state index in [4.69, 9.17) is 11.6 Å². The highest BCUT2D eigenvalue weighted by Crippen LogP contribution is 2.26. The lowest BCUT2D eigenvalue weighted by Crippen LogP contribution is -2.53. The summed E-state index contributed by atoms with van der Waals surface area (Å²) >= 11 is 6.09. The van der Waals surface area contributed by atoms with Crippen LogP contribution in [0.1, 0.15) is 43.1 Å². The number of hydrogen-bond donors (Lipinski definition) is 2. The van der Waals surface area contributed by atoms with Gasteiger partial charge >= 0.3 is 5.69 Å². The number of nitrogens with one attached hydrogen (secondary N) is 2. The van der Waals surface area contributed by atoms with Crippen LogP contribution in [0.5, 0.6) is 0 Å². The van der Waals surface area contributed by atoms with Gasteiger partial charge in [-0.1, -0.05) is 37.6 Å². The Bertz CT molecular complexity index is 1340. The number of benzene rings is 2. The third-order valence-electron chi connectivity index (χ3n) is 6.39. The number of hydrogen-bond acceptors (Lipinski definition) is 5. The van der Waals surface area contributed by atoms with Crippen molar-refractivity contribution in [3.05, 3.63) is 73.6 Å². The largest absolute Gasteiger partial charge is 0.341 e. The number of carbonyl (C=O) groups excluding carboxylic acids is 2. The topological polar surface area (TPSA) is 130 Å². The summed E-state index contributed by atoms with van der Waals surface area (Å²) in [7, 11) is 0. The molecular formula is C24H26ClN5O5. The number of likely N-dealkylation sites (tertiary alicyclic amines) is 1. The minimum atomic E-state index is -0.791. The second kappa shape index (κ2) is 9.91. The van der Waals surface area contributed by atoms with E-state index in [1.54, 1.807) is 9.47 Å². The van der Waals surface area contributed by atoms with E-state index in [2.05, 4.69) is 10.3 Å². The molecule has 0 bridgehead atoms. The Morgan fingerprint density at radius 2 is 1.86 bits per heavy atom. The molecule has 3 aromatic rings. The third kappa shape index (κ3) is 4.93. The molecule has 4 rings (SSSR count). The second-order valence-electron chi connectivity index (χ2n) is 8.99. The quantitative estimate of drug-likeness (QED) is 0.396. The highest BCUT2D eigenvalue weighted by molar-refractivity contribution is 6.34. The Balaban J connectivity index is 1.45. The number of fused-ring (bicyclic) bond motifs is 1. The van der Waals surface area contributed by atoms with Crippen molar-refractivity contribution in [1.29, 1.82) is 0 Å². The summed E-state index contributed by atoms with van der Waals surface area (Å²) in [6.45, 7) is 4.57. The van der Waals surface area contributed by atoms with E-state index in [-0.39, 0.29) is 39.8 Å². The molecule has 0 unspecified atom stereocenters. The van der Waals surface area contributed by atoms with Crippen molar-refractivity contribution in [2.24, 2.45) is 5.92 Å². The lowest BCUT2D eigenvalue weighted by Gasteiger charge is -2.35. The Morgan fingerprint density at radius 1 is 1.17 bits per heavy atom. The van der Waals surface area contributed by atoms with E-state index in [0.29, 0.717) is 25.9 Å². The molecule has 184 valence electrons. The zero-order valence-corrected chi connectivity index (χ0v) is 20.1. The minimum Gasteiger partial charge on any atom is -0.341 e. The van der Waals surface area contributed by atoms with Crippen LogP contribution in [-0.2, 0) is 4.79 Å². The van der Waals surface area contributed by atoms with Gasteiger partial charge in [-0.3, -0.25) is 24.3 Å². The first-order valence-corrected chi connectivity index (χ1v) is 11.8. The molecule has 1 aliphatic heterocycles. The van der Waals surface area contributed by atoms with Gasteiger partial charge in [0.1, 0.15) is 6.04 Å². The molecule has 11 heteroatoms. The molecule has 1 saturated heterocycles. The molecule has 2 heterocycles. The summed E-state index contributed by atoms with van der Waals surface area (Å²) in [5, 5.41) is 13.6. The maximum Gasteiger partial charge on any atom is 0.326 e. The number of nitro groups is 1. The van der Waals surface area contributed by atoms with Crippen LogP contribution in [0.15, 0.2) is 47.3 Å². The summed E-state index contributed by atoms with van der Waals surface area (Å²) in [4.78, 5) is 53.6. The first-order chi connectivity index (χ1) is 16.7. The fraction of sp³-hybridized carbons (Fsp3) is 0.375. The van der Waals surface area contributed by atoms with Crippen LogP contribution in [0.2, 0.25) is 5.02 Å². The number of amides is 2. The number of imidazole rings is 1. The van der Waals surface area contributed by atoms with Gasteiger partial charge in [-0.25, -0.2) is 4.79 Å². The molecule has 1 fully saturated rings. The van der Waals surface area contributed by atoms with Crippen LogP contribution >= 0.6 is 11.6 Å². The molecule has 2 aromatic carbocycles. The second-order valence-corrected chi connectivity index (χ2v) is 9.40. The van der Waals surface area contributed by atoms with Gasteiger partial charge in [0.25, 0.3) is 11.6 Å². The SMILES string of the molecule is CC(C)[C@H](NC(=O)c1ccc([N+](=O)[O-])cc1Cl)C(=O)N1CCC(n2c(=O)[nH]c3ccccc32)CC1. The van der Waals surface area contributed by atoms with Gasteiger partial charge in [-0.2, -0.15) is 0 Å². The Morgan fingerprint density at radius 3 is 2.49 bits per heavy atom. The molecule has 2 amide bonds. The van der Waals surface area contributed by atoms with Crippen molar-refractivity contribution in [2.45, 2.75) is 38.8 Å². The predicted molar refractivity (Wildman–Crippen MR) is 132 cm³/mol. The zero-order chi connectivity index (χ0) is 25.3. The summed E-state index contributed by atoms with van der Waals surface area (Å²) in [6, 6.07) is 10.3. The number of aromatic amines is 1. The fourth-order valence-corrected chi connectivity index (χ4v) is 4.77. The number of aromatic nitrogens is 2. The molecular weight excluding hydrogens is 474 g/mol. The monoisotopic (exact) mass is 499 g/mol. The Labute approximate surface area is 206 Å². The standard InChI is InChI=1S/C24H26ClN5O5/c1-14(2)21(27-22(31)17-8-7-16(30(34)35)13-18(17)25)23(32)28-11-9-15(10-12-28)29-20-6-4-3-5-19(20)26-24(29)33/h3-8,13-15,21H,9-12H2,1-2H3,(H,26,33)(H,27,31)/t21-/m0/s1. The molecule has 2 N–H and O–H groups in total. The average molecular weight is 500 g/mol. The number of nitro benzene ring substituents is 1. The summed E-state index contributed by atoms with van der Waals surface area (Å²) in [5.74, 6) is -0.981. The van der Waals surface area contributed by atoms with Crippen LogP contribution in [0, 0.1) is 16.0 Å². The Hall–Kier alpha value is -3.66. The van der Waals surface area contributed by atoms with Crippen LogP contribution in [0.3, 0.4) is 0 Å². The van der Waals surface area contributed by atoms with Gasteiger partial charge in [0, 0.05) is 31.3 Å². The molecule has 1 aromatic heterocycles. The number of rotatable bonds is 6. The van der Waals surface area contributed by atoms with E-state index < -0.39 is 16.9 Å². The highest BCUT2D eigenvalue weighted by Gasteiger charge is 2.33. The van der Waals surface area contributed by atoms with Crippen molar-refractivity contribution in [3.8, 4) is 0 Å². The maximum atomic E-state index is 13.3. The molecule has 1 atom stereocenters. The smallest absolute Gasteiger partial charge is 0.326 e. The number of carbonyl (C=O) groups is 2. The van der Waals surface area contributed by atoms with Crippen molar-refractivity contribution in [1.82, 2.24) is 19.8 Å². The van der Waals surface area contributed by atoms with E-state index >= 15 is 0 Å². The fourth-order valence-electron chi connectivity index (χ4n) is 4.51. The van der Waals surface area contributed by atoms with Crippen molar-refractivity contribution < 1.29 is 14.5 Å². The number of non-ortho nitro benzene ring substituents is 1. The van der Waals surface area contributed by atoms with E-state index in [1.807, 2.05) is 38.1 Å². The molecule has 0 radical (unpaired) electrons. The van der Waals surface area contributed by atoms with Crippen LogP contribution in [-0.4, -0.2) is 50.3 Å². The lowest BCUT2D eigenvalue weighted by molar-refractivity contribution is -0.384. The summed E-state index contributed by atoms with van der Waals surface area (Å²) in [5.41, 5.74) is 1.30. The third-order valence-corrected chi connectivity index (χ3v) is 6.71.